The molecule has 0 saturated carbocycles. The number of hydrogen-bond acceptors (Lipinski definition) is 6. The lowest BCUT2D eigenvalue weighted by Gasteiger charge is -2.24. The van der Waals surface area contributed by atoms with Gasteiger partial charge in [0, 0.05) is 54.4 Å². The molecule has 3 aromatic carbocycles. The van der Waals surface area contributed by atoms with E-state index in [4.69, 9.17) is 10.1 Å². The number of rotatable bonds is 13. The number of thioether (sulfide) groups is 1. The summed E-state index contributed by atoms with van der Waals surface area (Å²) in [5.41, 5.74) is 8.81. The van der Waals surface area contributed by atoms with Crippen LogP contribution in [0.4, 0.5) is 11.4 Å². The Hall–Kier alpha value is -3.38. The van der Waals surface area contributed by atoms with Gasteiger partial charge < -0.3 is 9.80 Å². The zero-order valence-electron chi connectivity index (χ0n) is 24.0. The quantitative estimate of drug-likeness (QED) is 0.159. The minimum Gasteiger partial charge on any atom is -0.372 e. The van der Waals surface area contributed by atoms with Crippen molar-refractivity contribution in [1.82, 2.24) is 15.2 Å². The molecule has 39 heavy (non-hydrogen) atoms. The smallest absolute Gasteiger partial charge is 0.210 e. The van der Waals surface area contributed by atoms with Gasteiger partial charge in [-0.25, -0.2) is 4.98 Å². The summed E-state index contributed by atoms with van der Waals surface area (Å²) in [5.74, 6) is 0.813. The van der Waals surface area contributed by atoms with Crippen molar-refractivity contribution < 1.29 is 0 Å². The van der Waals surface area contributed by atoms with Crippen LogP contribution in [-0.2, 0) is 5.75 Å². The Morgan fingerprint density at radius 2 is 1.21 bits per heavy atom. The monoisotopic (exact) mass is 539 g/mol. The van der Waals surface area contributed by atoms with Crippen LogP contribution in [0.25, 0.3) is 22.5 Å². The summed E-state index contributed by atoms with van der Waals surface area (Å²) in [6.07, 6.45) is 2.26. The average molecular weight is 540 g/mol. The second-order valence-corrected chi connectivity index (χ2v) is 10.7. The zero-order valence-corrected chi connectivity index (χ0v) is 24.8. The molecule has 0 N–H and O–H groups in total. The number of aryl methyl sites for hydroxylation is 1. The van der Waals surface area contributed by atoms with Crippen LogP contribution in [0.5, 0.6) is 0 Å². The molecule has 0 radical (unpaired) electrons. The summed E-state index contributed by atoms with van der Waals surface area (Å²) < 4.78 is 0. The van der Waals surface area contributed by atoms with Gasteiger partial charge in [0.05, 0.1) is 0 Å². The second-order valence-electron chi connectivity index (χ2n) is 9.76. The van der Waals surface area contributed by atoms with E-state index in [1.807, 2.05) is 0 Å². The fourth-order valence-corrected chi connectivity index (χ4v) is 5.70. The molecule has 1 aromatic heterocycles. The van der Waals surface area contributed by atoms with Gasteiger partial charge >= 0.3 is 0 Å². The van der Waals surface area contributed by atoms with Crippen molar-refractivity contribution in [3.05, 3.63) is 83.9 Å². The van der Waals surface area contributed by atoms with E-state index in [2.05, 4.69) is 122 Å². The summed E-state index contributed by atoms with van der Waals surface area (Å²) in [4.78, 5) is 9.87. The van der Waals surface area contributed by atoms with Gasteiger partial charge in [-0.1, -0.05) is 74.1 Å². The van der Waals surface area contributed by atoms with Crippen LogP contribution in [0.3, 0.4) is 0 Å². The summed E-state index contributed by atoms with van der Waals surface area (Å²) in [6.45, 7) is 15.1. The third-order valence-electron chi connectivity index (χ3n) is 7.05. The first-order valence-corrected chi connectivity index (χ1v) is 15.2. The summed E-state index contributed by atoms with van der Waals surface area (Å²) in [5, 5.41) is 9.98. The van der Waals surface area contributed by atoms with Gasteiger partial charge in [0.1, 0.15) is 11.4 Å². The van der Waals surface area contributed by atoms with Crippen molar-refractivity contribution >= 4 is 23.1 Å². The molecule has 0 fully saturated rings. The molecule has 0 unspecified atom stereocenters. The van der Waals surface area contributed by atoms with E-state index in [0.717, 1.165) is 67.3 Å². The van der Waals surface area contributed by atoms with Gasteiger partial charge in [-0.3, -0.25) is 0 Å². The Labute approximate surface area is 238 Å². The molecular weight excluding hydrogens is 498 g/mol. The Morgan fingerprint density at radius 1 is 0.641 bits per heavy atom. The van der Waals surface area contributed by atoms with E-state index in [9.17, 15) is 0 Å². The molecule has 0 atom stereocenters. The highest BCUT2D eigenvalue weighted by molar-refractivity contribution is 7.98. The van der Waals surface area contributed by atoms with E-state index in [-0.39, 0.29) is 0 Å². The van der Waals surface area contributed by atoms with Gasteiger partial charge in [0.15, 0.2) is 0 Å². The molecule has 0 spiro atoms. The fourth-order valence-electron chi connectivity index (χ4n) is 4.84. The van der Waals surface area contributed by atoms with Gasteiger partial charge in [-0.15, -0.1) is 10.2 Å². The number of nitrogens with zero attached hydrogens (tertiary/aromatic N) is 5. The Morgan fingerprint density at radius 3 is 1.77 bits per heavy atom. The van der Waals surface area contributed by atoms with Crippen LogP contribution in [0.15, 0.2) is 78.0 Å². The minimum atomic E-state index is 0.694. The van der Waals surface area contributed by atoms with Crippen molar-refractivity contribution in [1.29, 1.82) is 0 Å². The standard InChI is InChI=1S/C33H41N5S/c1-6-22-38(23-7-2)30-20-14-26(15-21-30)31-32(27-16-18-29(19-17-27)37(8-3)9-4)35-36-33(34-31)39-24-28-13-11-10-12-25(28)5/h10-21H,6-9,22-24H2,1-5H3. The van der Waals surface area contributed by atoms with Crippen molar-refractivity contribution in [3.8, 4) is 22.5 Å². The van der Waals surface area contributed by atoms with Gasteiger partial charge in [0.25, 0.3) is 0 Å². The molecular formula is C33H41N5S. The topological polar surface area (TPSA) is 45.2 Å². The lowest BCUT2D eigenvalue weighted by molar-refractivity contribution is 0.745. The molecule has 0 saturated heterocycles. The fraction of sp³-hybridized carbons (Fsp3) is 0.364. The molecule has 0 bridgehead atoms. The SMILES string of the molecule is CCCN(CCC)c1ccc(-c2nc(SCc3ccccc3C)nnc2-c2ccc(N(CC)CC)cc2)cc1. The van der Waals surface area contributed by atoms with Gasteiger partial charge in [-0.2, -0.15) is 0 Å². The molecule has 4 rings (SSSR count). The van der Waals surface area contributed by atoms with E-state index < -0.39 is 0 Å². The highest BCUT2D eigenvalue weighted by atomic mass is 32.2. The third kappa shape index (κ3) is 7.18. The normalized spacial score (nSPS) is 11.0. The maximum absolute atomic E-state index is 5.07. The van der Waals surface area contributed by atoms with Crippen molar-refractivity contribution in [2.75, 3.05) is 36.0 Å². The van der Waals surface area contributed by atoms with Crippen LogP contribution in [0.1, 0.15) is 51.7 Å². The van der Waals surface area contributed by atoms with Crippen LogP contribution in [0.2, 0.25) is 0 Å². The number of aromatic nitrogens is 3. The van der Waals surface area contributed by atoms with E-state index >= 15 is 0 Å². The van der Waals surface area contributed by atoms with Gasteiger partial charge in [0.2, 0.25) is 5.16 Å². The van der Waals surface area contributed by atoms with Crippen molar-refractivity contribution in [3.63, 3.8) is 0 Å². The lowest BCUT2D eigenvalue weighted by Crippen LogP contribution is -2.24. The molecule has 0 aliphatic heterocycles. The Bertz CT molecular complexity index is 1310. The molecule has 5 nitrogen and oxygen atoms in total. The highest BCUT2D eigenvalue weighted by Crippen LogP contribution is 2.33. The number of anilines is 2. The molecule has 0 aliphatic rings. The Kier molecular flexibility index (Phi) is 10.4. The maximum atomic E-state index is 5.07. The second kappa shape index (κ2) is 14.1. The minimum absolute atomic E-state index is 0.694. The largest absolute Gasteiger partial charge is 0.372 e. The predicted molar refractivity (Wildman–Crippen MR) is 168 cm³/mol. The first-order valence-electron chi connectivity index (χ1n) is 14.2. The lowest BCUT2D eigenvalue weighted by atomic mass is 10.0. The predicted octanol–water partition coefficient (Wildman–Crippen LogP) is 8.28. The molecule has 0 amide bonds. The van der Waals surface area contributed by atoms with Crippen LogP contribution in [-0.4, -0.2) is 41.4 Å². The van der Waals surface area contributed by atoms with Crippen molar-refractivity contribution in [2.45, 2.75) is 58.4 Å². The number of hydrogen-bond donors (Lipinski definition) is 0. The third-order valence-corrected chi connectivity index (χ3v) is 7.93. The van der Waals surface area contributed by atoms with Crippen LogP contribution >= 0.6 is 11.8 Å². The van der Waals surface area contributed by atoms with Crippen LogP contribution in [0, 0.1) is 6.92 Å². The molecule has 1 heterocycles. The average Bonchev–Trinajstić information content (AvgIpc) is 2.98. The zero-order chi connectivity index (χ0) is 27.6. The van der Waals surface area contributed by atoms with Crippen molar-refractivity contribution in [2.24, 2.45) is 0 Å². The van der Waals surface area contributed by atoms with Gasteiger partial charge in [-0.05, 0) is 69.0 Å². The molecule has 4 aromatic rings. The molecule has 204 valence electrons. The molecule has 0 aliphatic carbocycles. The maximum Gasteiger partial charge on any atom is 0.210 e. The Balaban J connectivity index is 1.69. The first-order chi connectivity index (χ1) is 19.1. The van der Waals surface area contributed by atoms with Crippen LogP contribution < -0.4 is 9.80 Å². The summed E-state index contributed by atoms with van der Waals surface area (Å²) >= 11 is 1.63. The number of benzene rings is 3. The highest BCUT2D eigenvalue weighted by Gasteiger charge is 2.16. The van der Waals surface area contributed by atoms with E-state index in [1.54, 1.807) is 11.8 Å². The van der Waals surface area contributed by atoms with E-state index in [0.29, 0.717) is 5.16 Å². The first kappa shape index (κ1) is 28.6. The summed E-state index contributed by atoms with van der Waals surface area (Å²) in [6, 6.07) is 25.9. The molecule has 6 heteroatoms. The van der Waals surface area contributed by atoms with E-state index in [1.165, 1.54) is 22.5 Å². The summed E-state index contributed by atoms with van der Waals surface area (Å²) in [7, 11) is 0.